The van der Waals surface area contributed by atoms with Gasteiger partial charge in [0.05, 0.1) is 20.3 Å². The van der Waals surface area contributed by atoms with Crippen molar-refractivity contribution in [1.82, 2.24) is 0 Å². The van der Waals surface area contributed by atoms with Crippen molar-refractivity contribution in [2.24, 2.45) is 0 Å². The molecule has 0 unspecified atom stereocenters. The van der Waals surface area contributed by atoms with E-state index in [4.69, 9.17) is 27.9 Å². The van der Waals surface area contributed by atoms with E-state index in [-0.39, 0.29) is 0 Å². The van der Waals surface area contributed by atoms with Crippen molar-refractivity contribution >= 4 is 52.3 Å². The molecule has 0 bridgehead atoms. The molecule has 1 saturated carbocycles. The fourth-order valence-electron chi connectivity index (χ4n) is 4.38. The number of anilines is 1. The SMILES string of the molecule is C[C@@H](OC(=O)Nc1cc(Cl)sc1-c1ccc(-c2ccc(C3(C(=O)O)CC3)cc2)cc1)c1ccccc1Cl. The third-order valence-corrected chi connectivity index (χ3v) is 8.30. The standard InChI is InChI=1S/C29H23Cl2NO4S/c1-17(22-4-2-3-5-23(22)30)36-28(35)32-24-16-25(31)37-26(24)20-8-6-18(7-9-20)19-10-12-21(13-11-19)29(14-15-29)27(33)34/h2-13,16-17H,14-15H2,1H3,(H,32,35)(H,33,34)/t17-/m1/s1. The minimum absolute atomic E-state index is 0.526. The number of nitrogens with one attached hydrogen (secondary N) is 1. The van der Waals surface area contributed by atoms with Crippen LogP contribution < -0.4 is 5.32 Å². The van der Waals surface area contributed by atoms with Gasteiger partial charge in [0.15, 0.2) is 0 Å². The van der Waals surface area contributed by atoms with Crippen molar-refractivity contribution in [2.75, 3.05) is 5.32 Å². The van der Waals surface area contributed by atoms with E-state index in [1.165, 1.54) is 11.3 Å². The number of carbonyl (C=O) groups is 2. The normalized spacial score (nSPS) is 14.6. The van der Waals surface area contributed by atoms with Crippen LogP contribution in [-0.4, -0.2) is 17.2 Å². The number of hydrogen-bond acceptors (Lipinski definition) is 4. The Labute approximate surface area is 228 Å². The fraction of sp³-hybridized carbons (Fsp3) is 0.172. The predicted molar refractivity (Wildman–Crippen MR) is 149 cm³/mol. The molecule has 188 valence electrons. The van der Waals surface area contributed by atoms with Crippen LogP contribution in [0, 0.1) is 0 Å². The van der Waals surface area contributed by atoms with Crippen LogP contribution >= 0.6 is 34.5 Å². The highest BCUT2D eigenvalue weighted by molar-refractivity contribution is 7.20. The second-order valence-electron chi connectivity index (χ2n) is 9.03. The first-order chi connectivity index (χ1) is 17.8. The van der Waals surface area contributed by atoms with Gasteiger partial charge in [-0.1, -0.05) is 89.9 Å². The molecule has 1 fully saturated rings. The molecule has 3 aromatic carbocycles. The fourth-order valence-corrected chi connectivity index (χ4v) is 5.86. The molecule has 1 aromatic heterocycles. The van der Waals surface area contributed by atoms with Gasteiger partial charge >= 0.3 is 12.1 Å². The van der Waals surface area contributed by atoms with Gasteiger partial charge in [-0.15, -0.1) is 11.3 Å². The minimum Gasteiger partial charge on any atom is -0.481 e. The Kier molecular flexibility index (Phi) is 6.99. The molecule has 0 spiro atoms. The predicted octanol–water partition coefficient (Wildman–Crippen LogP) is 8.81. The summed E-state index contributed by atoms with van der Waals surface area (Å²) in [5.74, 6) is -0.758. The van der Waals surface area contributed by atoms with Crippen LogP contribution in [0.4, 0.5) is 10.5 Å². The van der Waals surface area contributed by atoms with E-state index >= 15 is 0 Å². The van der Waals surface area contributed by atoms with Crippen LogP contribution in [0.1, 0.15) is 37.0 Å². The molecule has 37 heavy (non-hydrogen) atoms. The molecule has 1 amide bonds. The Balaban J connectivity index is 1.30. The number of carbonyl (C=O) groups excluding carboxylic acids is 1. The lowest BCUT2D eigenvalue weighted by atomic mass is 9.93. The molecule has 0 saturated heterocycles. The van der Waals surface area contributed by atoms with E-state index in [9.17, 15) is 14.7 Å². The van der Waals surface area contributed by atoms with Gasteiger partial charge in [0.1, 0.15) is 6.10 Å². The first kappa shape index (κ1) is 25.3. The van der Waals surface area contributed by atoms with Crippen LogP contribution in [-0.2, 0) is 14.9 Å². The molecule has 8 heteroatoms. The Hall–Kier alpha value is -3.32. The zero-order valence-corrected chi connectivity index (χ0v) is 22.2. The van der Waals surface area contributed by atoms with Crippen LogP contribution in [0.2, 0.25) is 9.36 Å². The van der Waals surface area contributed by atoms with Gasteiger partial charge in [-0.2, -0.15) is 0 Å². The number of halogens is 2. The molecule has 0 aliphatic heterocycles. The highest BCUT2D eigenvalue weighted by Gasteiger charge is 2.51. The van der Waals surface area contributed by atoms with Gasteiger partial charge in [0.2, 0.25) is 0 Å². The van der Waals surface area contributed by atoms with E-state index < -0.39 is 23.6 Å². The molecular weight excluding hydrogens is 529 g/mol. The van der Waals surface area contributed by atoms with Gasteiger partial charge in [-0.3, -0.25) is 10.1 Å². The number of carboxylic acid groups (broad SMARTS) is 1. The summed E-state index contributed by atoms with van der Waals surface area (Å²) < 4.78 is 6.08. The number of amides is 1. The molecule has 5 rings (SSSR count). The lowest BCUT2D eigenvalue weighted by Gasteiger charge is -2.15. The Bertz CT molecular complexity index is 1460. The van der Waals surface area contributed by atoms with Gasteiger partial charge in [0.25, 0.3) is 0 Å². The van der Waals surface area contributed by atoms with Crippen molar-refractivity contribution in [2.45, 2.75) is 31.3 Å². The zero-order valence-electron chi connectivity index (χ0n) is 19.8. The van der Waals surface area contributed by atoms with Gasteiger partial charge in [-0.25, -0.2) is 4.79 Å². The number of hydrogen-bond donors (Lipinski definition) is 2. The van der Waals surface area contributed by atoms with Gasteiger partial charge in [0, 0.05) is 10.6 Å². The van der Waals surface area contributed by atoms with E-state index in [0.29, 0.717) is 27.9 Å². The molecule has 1 aliphatic carbocycles. The highest BCUT2D eigenvalue weighted by atomic mass is 35.5. The van der Waals surface area contributed by atoms with Crippen LogP contribution in [0.25, 0.3) is 21.6 Å². The average molecular weight is 552 g/mol. The zero-order chi connectivity index (χ0) is 26.2. The second-order valence-corrected chi connectivity index (χ2v) is 11.1. The second kappa shape index (κ2) is 10.2. The first-order valence-electron chi connectivity index (χ1n) is 11.7. The van der Waals surface area contributed by atoms with Crippen molar-refractivity contribution in [3.63, 3.8) is 0 Å². The molecule has 1 heterocycles. The number of carboxylic acids is 1. The third kappa shape index (κ3) is 5.23. The molecule has 1 aliphatic rings. The minimum atomic E-state index is -0.758. The van der Waals surface area contributed by atoms with E-state index in [0.717, 1.165) is 32.7 Å². The summed E-state index contributed by atoms with van der Waals surface area (Å²) in [6, 6.07) is 24.6. The van der Waals surface area contributed by atoms with E-state index in [2.05, 4.69) is 5.32 Å². The lowest BCUT2D eigenvalue weighted by Crippen LogP contribution is -2.19. The first-order valence-corrected chi connectivity index (χ1v) is 13.3. The van der Waals surface area contributed by atoms with Crippen molar-refractivity contribution < 1.29 is 19.4 Å². The molecule has 1 atom stereocenters. The quantitative estimate of drug-likeness (QED) is 0.240. The Morgan fingerprint density at radius 3 is 2.14 bits per heavy atom. The smallest absolute Gasteiger partial charge is 0.412 e. The summed E-state index contributed by atoms with van der Waals surface area (Å²) in [7, 11) is 0. The molecule has 5 nitrogen and oxygen atoms in total. The monoisotopic (exact) mass is 551 g/mol. The lowest BCUT2D eigenvalue weighted by molar-refractivity contribution is -0.140. The van der Waals surface area contributed by atoms with Crippen LogP contribution in [0.5, 0.6) is 0 Å². The maximum atomic E-state index is 12.6. The van der Waals surface area contributed by atoms with Gasteiger partial charge < -0.3 is 9.84 Å². The molecular formula is C29H23Cl2NO4S. The Morgan fingerprint density at radius 2 is 1.54 bits per heavy atom. The topological polar surface area (TPSA) is 75.6 Å². The Morgan fingerprint density at radius 1 is 0.946 bits per heavy atom. The van der Waals surface area contributed by atoms with E-state index in [1.807, 2.05) is 66.7 Å². The summed E-state index contributed by atoms with van der Waals surface area (Å²) in [5, 5.41) is 12.9. The third-order valence-electron chi connectivity index (χ3n) is 6.64. The molecule has 0 radical (unpaired) electrons. The maximum Gasteiger partial charge on any atom is 0.412 e. The maximum absolute atomic E-state index is 12.6. The molecule has 4 aromatic rings. The van der Waals surface area contributed by atoms with Crippen LogP contribution in [0.3, 0.4) is 0 Å². The number of thiophene rings is 1. The molecule has 2 N–H and O–H groups in total. The summed E-state index contributed by atoms with van der Waals surface area (Å²) in [5.41, 5.74) is 4.32. The van der Waals surface area contributed by atoms with Crippen molar-refractivity contribution in [3.8, 4) is 21.6 Å². The largest absolute Gasteiger partial charge is 0.481 e. The van der Waals surface area contributed by atoms with E-state index in [1.54, 1.807) is 19.1 Å². The summed E-state index contributed by atoms with van der Waals surface area (Å²) in [4.78, 5) is 25.0. The highest BCUT2D eigenvalue weighted by Crippen LogP contribution is 2.48. The summed E-state index contributed by atoms with van der Waals surface area (Å²) >= 11 is 13.9. The van der Waals surface area contributed by atoms with Gasteiger partial charge in [-0.05, 0) is 54.2 Å². The summed E-state index contributed by atoms with van der Waals surface area (Å²) in [6.07, 6.45) is 0.238. The van der Waals surface area contributed by atoms with Crippen molar-refractivity contribution in [3.05, 3.63) is 99.3 Å². The van der Waals surface area contributed by atoms with Crippen LogP contribution in [0.15, 0.2) is 78.9 Å². The number of ether oxygens (including phenoxy) is 1. The number of rotatable bonds is 7. The van der Waals surface area contributed by atoms with Crippen molar-refractivity contribution in [1.29, 1.82) is 0 Å². The summed E-state index contributed by atoms with van der Waals surface area (Å²) in [6.45, 7) is 1.76. The number of aliphatic carboxylic acids is 1. The average Bonchev–Trinajstić information content (AvgIpc) is 3.62. The number of benzene rings is 3.